The molecule has 72 valence electrons. The number of furan rings is 1. The molecule has 0 aliphatic heterocycles. The van der Waals surface area contributed by atoms with E-state index in [1.165, 1.54) is 0 Å². The van der Waals surface area contributed by atoms with Crippen LogP contribution in [0.3, 0.4) is 0 Å². The van der Waals surface area contributed by atoms with E-state index in [1.807, 2.05) is 13.0 Å². The first-order valence-corrected chi connectivity index (χ1v) is 4.36. The first kappa shape index (κ1) is 8.90. The van der Waals surface area contributed by atoms with Gasteiger partial charge in [0.15, 0.2) is 0 Å². The Labute approximate surface area is 81.8 Å². The quantitative estimate of drug-likeness (QED) is 0.777. The predicted molar refractivity (Wildman–Crippen MR) is 52.4 cm³/mol. The maximum atomic E-state index is 5.56. The number of aryl methyl sites for hydroxylation is 1. The second kappa shape index (κ2) is 3.59. The molecule has 2 aromatic heterocycles. The number of hydrogen-bond acceptors (Lipinski definition) is 4. The Morgan fingerprint density at radius 1 is 1.36 bits per heavy atom. The molecule has 0 bridgehead atoms. The summed E-state index contributed by atoms with van der Waals surface area (Å²) in [5.41, 5.74) is 7.39. The van der Waals surface area contributed by atoms with Gasteiger partial charge in [-0.05, 0) is 13.0 Å². The molecule has 0 unspecified atom stereocenters. The molecule has 0 saturated heterocycles. The topological polar surface area (TPSA) is 64.9 Å². The normalized spacial score (nSPS) is 10.4. The lowest BCUT2D eigenvalue weighted by atomic mass is 10.1. The third kappa shape index (κ3) is 1.52. The summed E-state index contributed by atoms with van der Waals surface area (Å²) in [6.45, 7) is 2.30. The highest BCUT2D eigenvalue weighted by Gasteiger charge is 2.07. The molecule has 0 aliphatic carbocycles. The predicted octanol–water partition coefficient (Wildman–Crippen LogP) is 1.50. The van der Waals surface area contributed by atoms with Crippen LogP contribution in [0.4, 0.5) is 0 Å². The fourth-order valence-corrected chi connectivity index (χ4v) is 1.26. The fraction of sp³-hybridized carbons (Fsp3) is 0.200. The zero-order valence-electron chi connectivity index (χ0n) is 7.90. The highest BCUT2D eigenvalue weighted by Crippen LogP contribution is 2.22. The Balaban J connectivity index is 2.44. The molecule has 2 heterocycles. The highest BCUT2D eigenvalue weighted by atomic mass is 16.3. The van der Waals surface area contributed by atoms with Crippen molar-refractivity contribution in [3.8, 4) is 11.3 Å². The van der Waals surface area contributed by atoms with Gasteiger partial charge in [0.2, 0.25) is 0 Å². The zero-order chi connectivity index (χ0) is 9.97. The van der Waals surface area contributed by atoms with Crippen molar-refractivity contribution < 1.29 is 4.42 Å². The number of rotatable bonds is 2. The van der Waals surface area contributed by atoms with Gasteiger partial charge in [0.1, 0.15) is 11.6 Å². The molecular formula is C10H11N3O. The van der Waals surface area contributed by atoms with Crippen molar-refractivity contribution in [1.82, 2.24) is 9.97 Å². The van der Waals surface area contributed by atoms with Crippen LogP contribution in [0, 0.1) is 6.92 Å². The number of nitrogens with zero attached hydrogens (tertiary/aromatic N) is 2. The Morgan fingerprint density at radius 3 is 2.71 bits per heavy atom. The van der Waals surface area contributed by atoms with Crippen LogP contribution in [0.1, 0.15) is 11.4 Å². The molecular weight excluding hydrogens is 178 g/mol. The Kier molecular flexibility index (Phi) is 2.28. The van der Waals surface area contributed by atoms with E-state index in [9.17, 15) is 0 Å². The van der Waals surface area contributed by atoms with Gasteiger partial charge in [0, 0.05) is 24.5 Å². The van der Waals surface area contributed by atoms with E-state index in [0.717, 1.165) is 22.7 Å². The van der Waals surface area contributed by atoms with Crippen LogP contribution in [0.15, 0.2) is 29.1 Å². The molecule has 0 saturated carbocycles. The molecule has 0 spiro atoms. The third-order valence-electron chi connectivity index (χ3n) is 2.01. The van der Waals surface area contributed by atoms with Crippen molar-refractivity contribution in [3.05, 3.63) is 36.1 Å². The second-order valence-electron chi connectivity index (χ2n) is 3.00. The average Bonchev–Trinajstić information content (AvgIpc) is 2.67. The van der Waals surface area contributed by atoms with Crippen molar-refractivity contribution in [3.63, 3.8) is 0 Å². The van der Waals surface area contributed by atoms with Gasteiger partial charge in [0.05, 0.1) is 11.8 Å². The van der Waals surface area contributed by atoms with E-state index in [2.05, 4.69) is 9.97 Å². The lowest BCUT2D eigenvalue weighted by molar-refractivity contribution is 0.579. The molecule has 2 rings (SSSR count). The molecule has 0 amide bonds. The number of aromatic nitrogens is 2. The second-order valence-corrected chi connectivity index (χ2v) is 3.00. The van der Waals surface area contributed by atoms with E-state index in [0.29, 0.717) is 6.54 Å². The summed E-state index contributed by atoms with van der Waals surface area (Å²) in [6.07, 6.45) is 5.10. The largest absolute Gasteiger partial charge is 0.464 e. The minimum atomic E-state index is 0.458. The molecule has 0 fully saturated rings. The number of nitrogens with two attached hydrogens (primary N) is 1. The monoisotopic (exact) mass is 189 g/mol. The summed E-state index contributed by atoms with van der Waals surface area (Å²) in [5, 5.41) is 0. The van der Waals surface area contributed by atoms with Crippen LogP contribution < -0.4 is 5.73 Å². The first-order valence-electron chi connectivity index (χ1n) is 4.36. The first-order chi connectivity index (χ1) is 6.81. The smallest absolute Gasteiger partial charge is 0.141 e. The minimum absolute atomic E-state index is 0.458. The van der Waals surface area contributed by atoms with Crippen molar-refractivity contribution in [1.29, 1.82) is 0 Å². The molecule has 0 radical (unpaired) electrons. The van der Waals surface area contributed by atoms with Gasteiger partial charge < -0.3 is 10.2 Å². The fourth-order valence-electron chi connectivity index (χ4n) is 1.26. The summed E-state index contributed by atoms with van der Waals surface area (Å²) >= 11 is 0. The summed E-state index contributed by atoms with van der Waals surface area (Å²) in [4.78, 5) is 8.20. The van der Waals surface area contributed by atoms with Gasteiger partial charge in [-0.15, -0.1) is 0 Å². The van der Waals surface area contributed by atoms with Crippen molar-refractivity contribution in [2.24, 2.45) is 5.73 Å². The van der Waals surface area contributed by atoms with Crippen LogP contribution in [-0.4, -0.2) is 9.97 Å². The Morgan fingerprint density at radius 2 is 2.07 bits per heavy atom. The molecule has 2 N–H and O–H groups in total. The van der Waals surface area contributed by atoms with Crippen LogP contribution >= 0.6 is 0 Å². The van der Waals surface area contributed by atoms with Crippen LogP contribution in [0.2, 0.25) is 0 Å². The lowest BCUT2D eigenvalue weighted by Crippen LogP contribution is -1.96. The SMILES string of the molecule is Cc1ncc(-c2occc2CN)cn1. The van der Waals surface area contributed by atoms with E-state index in [4.69, 9.17) is 10.2 Å². The molecule has 0 aliphatic rings. The Bertz CT molecular complexity index is 419. The summed E-state index contributed by atoms with van der Waals surface area (Å²) in [7, 11) is 0. The van der Waals surface area contributed by atoms with Gasteiger partial charge in [-0.2, -0.15) is 0 Å². The maximum absolute atomic E-state index is 5.56. The van der Waals surface area contributed by atoms with E-state index < -0.39 is 0 Å². The van der Waals surface area contributed by atoms with E-state index in [-0.39, 0.29) is 0 Å². The van der Waals surface area contributed by atoms with E-state index in [1.54, 1.807) is 18.7 Å². The summed E-state index contributed by atoms with van der Waals surface area (Å²) < 4.78 is 5.32. The minimum Gasteiger partial charge on any atom is -0.464 e. The summed E-state index contributed by atoms with van der Waals surface area (Å²) in [5.74, 6) is 1.50. The van der Waals surface area contributed by atoms with Gasteiger partial charge >= 0.3 is 0 Å². The molecule has 14 heavy (non-hydrogen) atoms. The molecule has 4 heteroatoms. The third-order valence-corrected chi connectivity index (χ3v) is 2.01. The summed E-state index contributed by atoms with van der Waals surface area (Å²) in [6, 6.07) is 1.86. The van der Waals surface area contributed by atoms with E-state index >= 15 is 0 Å². The van der Waals surface area contributed by atoms with Gasteiger partial charge in [0.25, 0.3) is 0 Å². The van der Waals surface area contributed by atoms with Crippen LogP contribution in [0.5, 0.6) is 0 Å². The van der Waals surface area contributed by atoms with Crippen LogP contribution in [0.25, 0.3) is 11.3 Å². The highest BCUT2D eigenvalue weighted by molar-refractivity contribution is 5.59. The average molecular weight is 189 g/mol. The van der Waals surface area contributed by atoms with Gasteiger partial charge in [-0.25, -0.2) is 9.97 Å². The van der Waals surface area contributed by atoms with Crippen molar-refractivity contribution >= 4 is 0 Å². The van der Waals surface area contributed by atoms with Crippen molar-refractivity contribution in [2.75, 3.05) is 0 Å². The van der Waals surface area contributed by atoms with Gasteiger partial charge in [-0.3, -0.25) is 0 Å². The van der Waals surface area contributed by atoms with Gasteiger partial charge in [-0.1, -0.05) is 0 Å². The maximum Gasteiger partial charge on any atom is 0.141 e. The molecule has 4 nitrogen and oxygen atoms in total. The lowest BCUT2D eigenvalue weighted by Gasteiger charge is -1.99. The molecule has 0 aromatic carbocycles. The molecule has 0 atom stereocenters. The number of hydrogen-bond donors (Lipinski definition) is 1. The van der Waals surface area contributed by atoms with Crippen molar-refractivity contribution in [2.45, 2.75) is 13.5 Å². The standard InChI is InChI=1S/C10H11N3O/c1-7-12-5-9(6-13-7)10-8(4-11)2-3-14-10/h2-3,5-6H,4,11H2,1H3. The zero-order valence-corrected chi connectivity index (χ0v) is 7.90. The Hall–Kier alpha value is -1.68. The van der Waals surface area contributed by atoms with Crippen LogP contribution in [-0.2, 0) is 6.54 Å². The molecule has 2 aromatic rings.